The Hall–Kier alpha value is -2.54. The molecule has 4 rings (SSSR count). The summed E-state index contributed by atoms with van der Waals surface area (Å²) in [7, 11) is 3.66. The van der Waals surface area contributed by atoms with Crippen molar-refractivity contribution in [1.82, 2.24) is 19.7 Å². The topological polar surface area (TPSA) is 56.1 Å². The van der Waals surface area contributed by atoms with Gasteiger partial charge < -0.3 is 14.2 Å². The zero-order chi connectivity index (χ0) is 16.7. The lowest BCUT2D eigenvalue weighted by Crippen LogP contribution is -2.26. The van der Waals surface area contributed by atoms with Crippen LogP contribution in [0.5, 0.6) is 0 Å². The summed E-state index contributed by atoms with van der Waals surface area (Å²) in [6.07, 6.45) is 4.35. The maximum Gasteiger partial charge on any atom is 0.155 e. The lowest BCUT2D eigenvalue weighted by atomic mass is 10.1. The van der Waals surface area contributed by atoms with Crippen molar-refractivity contribution in [3.8, 4) is 0 Å². The summed E-state index contributed by atoms with van der Waals surface area (Å²) >= 11 is 0. The van der Waals surface area contributed by atoms with E-state index in [1.165, 1.54) is 12.1 Å². The lowest BCUT2D eigenvalue weighted by molar-refractivity contribution is 0.118. The molecule has 0 unspecified atom stereocenters. The molecule has 0 aliphatic carbocycles. The minimum atomic E-state index is -0.284. The quantitative estimate of drug-likeness (QED) is 0.740. The van der Waals surface area contributed by atoms with Crippen LogP contribution >= 0.6 is 0 Å². The summed E-state index contributed by atoms with van der Waals surface area (Å²) in [5, 5.41) is 9.20. The first-order valence-corrected chi connectivity index (χ1v) is 7.85. The maximum absolute atomic E-state index is 13.5. The Morgan fingerprint density at radius 2 is 2.17 bits per heavy atom. The monoisotopic (exact) mass is 327 g/mol. The molecule has 2 atom stereocenters. The van der Waals surface area contributed by atoms with Gasteiger partial charge in [-0.05, 0) is 18.2 Å². The van der Waals surface area contributed by atoms with E-state index < -0.39 is 0 Å². The van der Waals surface area contributed by atoms with Crippen molar-refractivity contribution in [1.29, 1.82) is 0 Å². The highest BCUT2D eigenvalue weighted by Gasteiger charge is 2.36. The van der Waals surface area contributed by atoms with Crippen LogP contribution in [0.4, 0.5) is 10.1 Å². The van der Waals surface area contributed by atoms with Crippen molar-refractivity contribution in [2.24, 2.45) is 7.05 Å². The molecule has 0 saturated carbocycles. The zero-order valence-corrected chi connectivity index (χ0v) is 13.6. The number of rotatable bonds is 3. The Balaban J connectivity index is 1.83. The smallest absolute Gasteiger partial charge is 0.155 e. The summed E-state index contributed by atoms with van der Waals surface area (Å²) in [4.78, 5) is 6.54. The number of hydrogen-bond acceptors (Lipinski definition) is 5. The molecule has 1 saturated heterocycles. The molecule has 2 aromatic heterocycles. The van der Waals surface area contributed by atoms with Crippen molar-refractivity contribution >= 4 is 16.6 Å². The van der Waals surface area contributed by atoms with Crippen LogP contribution in [-0.4, -0.2) is 39.5 Å². The number of nitrogens with zero attached hydrogens (tertiary/aromatic N) is 5. The molecule has 7 heteroatoms. The van der Waals surface area contributed by atoms with Crippen molar-refractivity contribution in [3.63, 3.8) is 0 Å². The number of fused-ring (bicyclic) bond motifs is 1. The summed E-state index contributed by atoms with van der Waals surface area (Å²) in [5.74, 6) is 0.606. The number of benzene rings is 1. The Kier molecular flexibility index (Phi) is 3.65. The number of methoxy groups -OCH3 is 1. The molecule has 1 aliphatic heterocycles. The minimum Gasteiger partial charge on any atom is -0.380 e. The first-order chi connectivity index (χ1) is 11.7. The Bertz CT molecular complexity index is 880. The molecule has 3 heterocycles. The van der Waals surface area contributed by atoms with Crippen molar-refractivity contribution < 1.29 is 9.13 Å². The second kappa shape index (κ2) is 5.83. The highest BCUT2D eigenvalue weighted by molar-refractivity contribution is 5.91. The number of aryl methyl sites for hydroxylation is 1. The van der Waals surface area contributed by atoms with E-state index in [0.717, 1.165) is 29.9 Å². The largest absolute Gasteiger partial charge is 0.380 e. The number of pyridine rings is 1. The van der Waals surface area contributed by atoms with Crippen molar-refractivity contribution in [2.75, 3.05) is 18.6 Å². The second-order valence-corrected chi connectivity index (χ2v) is 6.05. The SMILES string of the molecule is CO[C@@H]1C[C@@H](c2nncn2C)N(c2ccnc3cc(F)ccc23)C1. The van der Waals surface area contributed by atoms with Gasteiger partial charge in [0.25, 0.3) is 0 Å². The van der Waals surface area contributed by atoms with Crippen LogP contribution in [0.1, 0.15) is 18.3 Å². The van der Waals surface area contributed by atoms with E-state index in [1.54, 1.807) is 25.7 Å². The number of hydrogen-bond donors (Lipinski definition) is 0. The molecule has 0 N–H and O–H groups in total. The third-order valence-corrected chi connectivity index (χ3v) is 4.63. The van der Waals surface area contributed by atoms with E-state index in [0.29, 0.717) is 5.52 Å². The predicted molar refractivity (Wildman–Crippen MR) is 88.2 cm³/mol. The van der Waals surface area contributed by atoms with Gasteiger partial charge in [-0.3, -0.25) is 4.98 Å². The van der Waals surface area contributed by atoms with Gasteiger partial charge >= 0.3 is 0 Å². The molecule has 24 heavy (non-hydrogen) atoms. The van der Waals surface area contributed by atoms with E-state index in [-0.39, 0.29) is 18.0 Å². The minimum absolute atomic E-state index is 0.0538. The third-order valence-electron chi connectivity index (χ3n) is 4.63. The first kappa shape index (κ1) is 15.0. The molecular weight excluding hydrogens is 309 g/mol. The van der Waals surface area contributed by atoms with Crippen LogP contribution < -0.4 is 4.90 Å². The normalized spacial score (nSPS) is 20.9. The van der Waals surface area contributed by atoms with E-state index >= 15 is 0 Å². The fourth-order valence-corrected chi connectivity index (χ4v) is 3.43. The second-order valence-electron chi connectivity index (χ2n) is 6.05. The van der Waals surface area contributed by atoms with Crippen molar-refractivity contribution in [3.05, 3.63) is 48.4 Å². The summed E-state index contributed by atoms with van der Waals surface area (Å²) in [5.41, 5.74) is 1.65. The molecule has 1 fully saturated rings. The number of aromatic nitrogens is 4. The molecule has 0 bridgehead atoms. The molecule has 0 spiro atoms. The Morgan fingerprint density at radius 1 is 1.29 bits per heavy atom. The van der Waals surface area contributed by atoms with Gasteiger partial charge in [-0.25, -0.2) is 4.39 Å². The molecular formula is C17H18FN5O. The van der Waals surface area contributed by atoms with Gasteiger partial charge in [0.2, 0.25) is 0 Å². The summed E-state index contributed by atoms with van der Waals surface area (Å²) < 4.78 is 21.0. The number of ether oxygens (including phenoxy) is 1. The molecule has 1 aromatic carbocycles. The molecule has 124 valence electrons. The van der Waals surface area contributed by atoms with Gasteiger partial charge in [0.15, 0.2) is 5.82 Å². The van der Waals surface area contributed by atoms with Crippen LogP contribution in [0, 0.1) is 5.82 Å². The highest BCUT2D eigenvalue weighted by atomic mass is 19.1. The molecule has 6 nitrogen and oxygen atoms in total. The fraction of sp³-hybridized carbons (Fsp3) is 0.353. The van der Waals surface area contributed by atoms with Crippen LogP contribution in [0.15, 0.2) is 36.8 Å². The van der Waals surface area contributed by atoms with Gasteiger partial charge in [0.1, 0.15) is 12.1 Å². The third kappa shape index (κ3) is 2.41. The Morgan fingerprint density at radius 3 is 2.92 bits per heavy atom. The molecule has 3 aromatic rings. The van der Waals surface area contributed by atoms with E-state index in [9.17, 15) is 4.39 Å². The van der Waals surface area contributed by atoms with Crippen LogP contribution in [0.3, 0.4) is 0 Å². The van der Waals surface area contributed by atoms with E-state index in [2.05, 4.69) is 20.1 Å². The average Bonchev–Trinajstić information content (AvgIpc) is 3.19. The van der Waals surface area contributed by atoms with Crippen LogP contribution in [0.2, 0.25) is 0 Å². The Labute approximate surface area is 138 Å². The van der Waals surface area contributed by atoms with E-state index in [4.69, 9.17) is 4.74 Å². The molecule has 1 aliphatic rings. The van der Waals surface area contributed by atoms with Crippen LogP contribution in [0.25, 0.3) is 10.9 Å². The standard InChI is InChI=1S/C17H18FN5O/c1-22-10-20-21-17(22)16-8-12(24-2)9-23(16)15-5-6-19-14-7-11(18)3-4-13(14)15/h3-7,10,12,16H,8-9H2,1-2H3/t12-,16+/m1/s1. The van der Waals surface area contributed by atoms with Crippen molar-refractivity contribution in [2.45, 2.75) is 18.6 Å². The number of halogens is 1. The zero-order valence-electron chi connectivity index (χ0n) is 13.6. The number of anilines is 1. The lowest BCUT2D eigenvalue weighted by Gasteiger charge is -2.26. The van der Waals surface area contributed by atoms with Gasteiger partial charge in [-0.15, -0.1) is 10.2 Å². The summed E-state index contributed by atoms with van der Waals surface area (Å²) in [6, 6.07) is 6.72. The first-order valence-electron chi connectivity index (χ1n) is 7.85. The maximum atomic E-state index is 13.5. The fourth-order valence-electron chi connectivity index (χ4n) is 3.43. The van der Waals surface area contributed by atoms with Gasteiger partial charge in [-0.2, -0.15) is 0 Å². The summed E-state index contributed by atoms with van der Waals surface area (Å²) in [6.45, 7) is 0.741. The van der Waals surface area contributed by atoms with Gasteiger partial charge in [-0.1, -0.05) is 0 Å². The van der Waals surface area contributed by atoms with Crippen LogP contribution in [-0.2, 0) is 11.8 Å². The van der Waals surface area contributed by atoms with E-state index in [1.807, 2.05) is 17.7 Å². The van der Waals surface area contributed by atoms with Gasteiger partial charge in [0.05, 0.1) is 17.7 Å². The van der Waals surface area contributed by atoms with Gasteiger partial charge in [0, 0.05) is 50.5 Å². The molecule has 0 radical (unpaired) electrons. The molecule has 0 amide bonds. The predicted octanol–water partition coefficient (Wildman–Crippen LogP) is 2.47. The average molecular weight is 327 g/mol. The highest BCUT2D eigenvalue weighted by Crippen LogP contribution is 2.39.